The van der Waals surface area contributed by atoms with E-state index < -0.39 is 0 Å². The van der Waals surface area contributed by atoms with Crippen LogP contribution in [0.25, 0.3) is 0 Å². The largest absolute Gasteiger partial charge is 0.485 e. The number of aromatic nitrogens is 3. The fraction of sp³-hybridized carbons (Fsp3) is 0.654. The predicted octanol–water partition coefficient (Wildman–Crippen LogP) is 5.60. The first-order chi connectivity index (χ1) is 16.0. The Morgan fingerprint density at radius 3 is 2.15 bits per heavy atom. The Morgan fingerprint density at radius 2 is 1.58 bits per heavy atom. The number of para-hydroxylation sites is 1. The Kier molecular flexibility index (Phi) is 8.34. The van der Waals surface area contributed by atoms with Gasteiger partial charge in [0.15, 0.2) is 11.0 Å². The summed E-state index contributed by atoms with van der Waals surface area (Å²) in [6, 6.07) is 6.99. The first-order valence-electron chi connectivity index (χ1n) is 12.6. The van der Waals surface area contributed by atoms with E-state index in [0.717, 1.165) is 53.5 Å². The van der Waals surface area contributed by atoms with Gasteiger partial charge in [0, 0.05) is 19.1 Å². The second kappa shape index (κ2) is 11.4. The molecule has 7 heteroatoms. The van der Waals surface area contributed by atoms with Crippen LogP contribution in [0, 0.1) is 13.8 Å². The van der Waals surface area contributed by atoms with Crippen LogP contribution in [0.15, 0.2) is 23.4 Å². The van der Waals surface area contributed by atoms with E-state index in [1.807, 2.05) is 17.7 Å². The zero-order chi connectivity index (χ0) is 23.2. The highest BCUT2D eigenvalue weighted by molar-refractivity contribution is 7.99. The highest BCUT2D eigenvalue weighted by Gasteiger charge is 2.32. The summed E-state index contributed by atoms with van der Waals surface area (Å²) in [5, 5.41) is 9.46. The third-order valence-corrected chi connectivity index (χ3v) is 8.23. The molecule has 2 aliphatic rings. The van der Waals surface area contributed by atoms with Crippen molar-refractivity contribution >= 4 is 17.7 Å². The van der Waals surface area contributed by atoms with Gasteiger partial charge in [-0.3, -0.25) is 4.79 Å². The van der Waals surface area contributed by atoms with Gasteiger partial charge in [-0.2, -0.15) is 0 Å². The Morgan fingerprint density at radius 1 is 1.00 bits per heavy atom. The van der Waals surface area contributed by atoms with Crippen LogP contribution in [0.2, 0.25) is 0 Å². The van der Waals surface area contributed by atoms with Gasteiger partial charge in [-0.1, -0.05) is 68.5 Å². The van der Waals surface area contributed by atoms with Gasteiger partial charge in [0.05, 0.1) is 5.75 Å². The molecule has 0 aliphatic heterocycles. The molecule has 0 bridgehead atoms. The lowest BCUT2D eigenvalue weighted by Crippen LogP contribution is -2.49. The summed E-state index contributed by atoms with van der Waals surface area (Å²) in [4.78, 5) is 15.7. The number of amides is 1. The molecule has 2 aromatic rings. The van der Waals surface area contributed by atoms with Crippen LogP contribution in [0.3, 0.4) is 0 Å². The Balaban J connectivity index is 1.38. The van der Waals surface area contributed by atoms with Gasteiger partial charge in [-0.15, -0.1) is 10.2 Å². The number of rotatable bonds is 8. The Labute approximate surface area is 202 Å². The van der Waals surface area contributed by atoms with Gasteiger partial charge >= 0.3 is 0 Å². The van der Waals surface area contributed by atoms with Crippen molar-refractivity contribution in [2.45, 2.75) is 102 Å². The number of carbonyl (C=O) groups excluding carboxylic acids is 1. The van der Waals surface area contributed by atoms with Crippen molar-refractivity contribution in [3.05, 3.63) is 35.2 Å². The summed E-state index contributed by atoms with van der Waals surface area (Å²) >= 11 is 1.50. The number of benzene rings is 1. The van der Waals surface area contributed by atoms with E-state index in [2.05, 4.69) is 41.1 Å². The molecule has 0 N–H and O–H groups in total. The summed E-state index contributed by atoms with van der Waals surface area (Å²) in [7, 11) is 1.95. The van der Waals surface area contributed by atoms with Gasteiger partial charge in [0.1, 0.15) is 12.4 Å². The number of thioether (sulfide) groups is 1. The van der Waals surface area contributed by atoms with E-state index in [9.17, 15) is 4.79 Å². The molecule has 1 amide bonds. The summed E-state index contributed by atoms with van der Waals surface area (Å²) in [5.74, 6) is 2.37. The molecule has 2 saturated carbocycles. The number of carbonyl (C=O) groups is 1. The summed E-state index contributed by atoms with van der Waals surface area (Å²) in [6.45, 7) is 4.46. The van der Waals surface area contributed by atoms with Crippen LogP contribution in [-0.4, -0.2) is 43.4 Å². The quantitative estimate of drug-likeness (QED) is 0.470. The second-order valence-corrected chi connectivity index (χ2v) is 10.6. The molecular weight excluding hydrogens is 432 g/mol. The average molecular weight is 471 g/mol. The third-order valence-electron chi connectivity index (χ3n) is 7.23. The first kappa shape index (κ1) is 24.1. The van der Waals surface area contributed by atoms with E-state index >= 15 is 0 Å². The van der Waals surface area contributed by atoms with Crippen LogP contribution in [0.5, 0.6) is 5.75 Å². The number of hydrogen-bond acceptors (Lipinski definition) is 5. The van der Waals surface area contributed by atoms with Crippen LogP contribution in [0.4, 0.5) is 0 Å². The average Bonchev–Trinajstić information content (AvgIpc) is 3.18. The van der Waals surface area contributed by atoms with E-state index in [-0.39, 0.29) is 5.91 Å². The summed E-state index contributed by atoms with van der Waals surface area (Å²) in [6.07, 6.45) is 12.3. The highest BCUT2D eigenvalue weighted by Crippen LogP contribution is 2.31. The van der Waals surface area contributed by atoms with Gasteiger partial charge in [0.2, 0.25) is 5.91 Å². The molecule has 1 heterocycles. The summed E-state index contributed by atoms with van der Waals surface area (Å²) < 4.78 is 8.02. The number of aryl methyl sites for hydroxylation is 2. The van der Waals surface area contributed by atoms with Crippen LogP contribution in [-0.2, 0) is 18.4 Å². The zero-order valence-corrected chi connectivity index (χ0v) is 21.2. The predicted molar refractivity (Wildman–Crippen MR) is 133 cm³/mol. The zero-order valence-electron chi connectivity index (χ0n) is 20.4. The maximum absolute atomic E-state index is 13.4. The number of hydrogen-bond donors (Lipinski definition) is 0. The summed E-state index contributed by atoms with van der Waals surface area (Å²) in [5.41, 5.74) is 2.23. The fourth-order valence-electron chi connectivity index (χ4n) is 5.38. The Hall–Kier alpha value is -2.02. The first-order valence-corrected chi connectivity index (χ1v) is 13.5. The maximum atomic E-state index is 13.4. The molecule has 4 rings (SSSR count). The van der Waals surface area contributed by atoms with E-state index in [4.69, 9.17) is 4.74 Å². The lowest BCUT2D eigenvalue weighted by atomic mass is 9.88. The van der Waals surface area contributed by atoms with E-state index in [1.54, 1.807) is 0 Å². The lowest BCUT2D eigenvalue weighted by molar-refractivity contribution is -0.135. The maximum Gasteiger partial charge on any atom is 0.233 e. The minimum Gasteiger partial charge on any atom is -0.485 e. The highest BCUT2D eigenvalue weighted by atomic mass is 32.2. The molecule has 1 aromatic carbocycles. The number of ether oxygens (including phenoxy) is 1. The lowest BCUT2D eigenvalue weighted by Gasteiger charge is -2.41. The van der Waals surface area contributed by atoms with Crippen molar-refractivity contribution in [1.29, 1.82) is 0 Å². The van der Waals surface area contributed by atoms with Crippen molar-refractivity contribution in [2.24, 2.45) is 7.05 Å². The molecule has 33 heavy (non-hydrogen) atoms. The van der Waals surface area contributed by atoms with Crippen LogP contribution in [0.1, 0.15) is 81.2 Å². The van der Waals surface area contributed by atoms with Gasteiger partial charge in [-0.25, -0.2) is 0 Å². The van der Waals surface area contributed by atoms with Crippen molar-refractivity contribution < 1.29 is 9.53 Å². The molecule has 0 saturated heterocycles. The minimum atomic E-state index is 0.273. The molecular formula is C26H38N4O2S. The SMILES string of the molecule is Cc1cccc(C)c1OCc1nnc(SCC(=O)N(C2CCCCC2)C2CCCCC2)n1C. The topological polar surface area (TPSA) is 60.3 Å². The van der Waals surface area contributed by atoms with Crippen molar-refractivity contribution in [3.63, 3.8) is 0 Å². The molecule has 2 aliphatic carbocycles. The van der Waals surface area contributed by atoms with Gasteiger partial charge < -0.3 is 14.2 Å². The van der Waals surface area contributed by atoms with E-state index in [1.165, 1.54) is 50.3 Å². The molecule has 6 nitrogen and oxygen atoms in total. The van der Waals surface area contributed by atoms with Crippen LogP contribution < -0.4 is 4.74 Å². The molecule has 0 atom stereocenters. The second-order valence-electron chi connectivity index (χ2n) is 9.64. The monoisotopic (exact) mass is 470 g/mol. The van der Waals surface area contributed by atoms with Crippen molar-refractivity contribution in [1.82, 2.24) is 19.7 Å². The van der Waals surface area contributed by atoms with Crippen molar-refractivity contribution in [3.8, 4) is 5.75 Å². The normalized spacial score (nSPS) is 17.8. The van der Waals surface area contributed by atoms with Crippen LogP contribution >= 0.6 is 11.8 Å². The molecule has 180 valence electrons. The Bertz CT molecular complexity index is 894. The molecule has 0 unspecified atom stereocenters. The standard InChI is InChI=1S/C26H38N4O2S/c1-19-11-10-12-20(2)25(19)32-17-23-27-28-26(29(23)3)33-18-24(31)30(21-13-6-4-7-14-21)22-15-8-5-9-16-22/h10-12,21-22H,4-9,13-18H2,1-3H3. The van der Waals surface area contributed by atoms with Crippen molar-refractivity contribution in [2.75, 3.05) is 5.75 Å². The third kappa shape index (κ3) is 5.92. The number of nitrogens with zero attached hydrogens (tertiary/aromatic N) is 4. The minimum absolute atomic E-state index is 0.273. The van der Waals surface area contributed by atoms with Gasteiger partial charge in [0.25, 0.3) is 0 Å². The van der Waals surface area contributed by atoms with E-state index in [0.29, 0.717) is 24.4 Å². The molecule has 0 radical (unpaired) electrons. The van der Waals surface area contributed by atoms with Gasteiger partial charge in [-0.05, 0) is 50.7 Å². The molecule has 2 fully saturated rings. The smallest absolute Gasteiger partial charge is 0.233 e. The molecule has 1 aromatic heterocycles. The fourth-order valence-corrected chi connectivity index (χ4v) is 6.18. The molecule has 0 spiro atoms.